The van der Waals surface area contributed by atoms with Gasteiger partial charge in [0.05, 0.1) is 45.7 Å². The van der Waals surface area contributed by atoms with Crippen LogP contribution < -0.4 is 0 Å². The molecule has 0 amide bonds. The molecule has 0 unspecified atom stereocenters. The van der Waals surface area contributed by atoms with Gasteiger partial charge in [-0.2, -0.15) is 0 Å². The number of hydrogen-bond acceptors (Lipinski definition) is 6. The molecule has 7 nitrogen and oxygen atoms in total. The predicted molar refractivity (Wildman–Crippen MR) is 212 cm³/mol. The van der Waals surface area contributed by atoms with Crippen molar-refractivity contribution >= 4 is 32.6 Å². The molecule has 0 aliphatic heterocycles. The molecule has 10 rings (SSSR count). The molecular formula is C46H29N7. The Morgan fingerprint density at radius 2 is 1.00 bits per heavy atom. The molecule has 0 saturated heterocycles. The summed E-state index contributed by atoms with van der Waals surface area (Å²) < 4.78 is 2.33. The van der Waals surface area contributed by atoms with Gasteiger partial charge in [-0.3, -0.25) is 29.9 Å². The highest BCUT2D eigenvalue weighted by molar-refractivity contribution is 6.22. The lowest BCUT2D eigenvalue weighted by atomic mass is 9.96. The van der Waals surface area contributed by atoms with Gasteiger partial charge in [-0.05, 0) is 72.1 Å². The van der Waals surface area contributed by atoms with Crippen LogP contribution in [0.15, 0.2) is 177 Å². The van der Waals surface area contributed by atoms with Gasteiger partial charge in [0.15, 0.2) is 0 Å². The van der Waals surface area contributed by atoms with Crippen molar-refractivity contribution in [2.45, 2.75) is 0 Å². The first kappa shape index (κ1) is 30.4. The van der Waals surface area contributed by atoms with Gasteiger partial charge in [-0.25, -0.2) is 0 Å². The van der Waals surface area contributed by atoms with E-state index >= 15 is 0 Å². The van der Waals surface area contributed by atoms with Crippen LogP contribution >= 0.6 is 0 Å². The highest BCUT2D eigenvalue weighted by Gasteiger charge is 2.20. The average molecular weight is 680 g/mol. The van der Waals surface area contributed by atoms with Gasteiger partial charge >= 0.3 is 0 Å². The average Bonchev–Trinajstić information content (AvgIpc) is 3.58. The molecule has 0 radical (unpaired) electrons. The maximum atomic E-state index is 5.00. The number of hydrogen-bond donors (Lipinski definition) is 0. The first-order valence-electron chi connectivity index (χ1n) is 17.4. The van der Waals surface area contributed by atoms with Crippen molar-refractivity contribution < 1.29 is 0 Å². The van der Waals surface area contributed by atoms with E-state index in [9.17, 15) is 0 Å². The third-order valence-corrected chi connectivity index (χ3v) is 9.79. The normalized spacial score (nSPS) is 11.4. The predicted octanol–water partition coefficient (Wildman–Crippen LogP) is 10.6. The Morgan fingerprint density at radius 3 is 1.64 bits per heavy atom. The molecule has 7 heteroatoms. The minimum atomic E-state index is 0.825. The second kappa shape index (κ2) is 12.7. The summed E-state index contributed by atoms with van der Waals surface area (Å²) in [6.45, 7) is 0. The van der Waals surface area contributed by atoms with Crippen molar-refractivity contribution in [3.8, 4) is 61.8 Å². The zero-order valence-corrected chi connectivity index (χ0v) is 28.4. The van der Waals surface area contributed by atoms with Gasteiger partial charge < -0.3 is 4.57 Å². The van der Waals surface area contributed by atoms with Crippen molar-refractivity contribution in [2.75, 3.05) is 0 Å². The fourth-order valence-corrected chi connectivity index (χ4v) is 7.22. The van der Waals surface area contributed by atoms with E-state index in [1.807, 2.05) is 73.4 Å². The Balaban J connectivity index is 1.18. The Kier molecular flexibility index (Phi) is 7.32. The lowest BCUT2D eigenvalue weighted by molar-refractivity contribution is 1.14. The Bertz CT molecular complexity index is 2890. The number of nitrogens with zero attached hydrogens (tertiary/aromatic N) is 7. The minimum absolute atomic E-state index is 0.825. The largest absolute Gasteiger partial charge is 0.307 e. The molecule has 7 aromatic heterocycles. The molecule has 10 aromatic rings. The van der Waals surface area contributed by atoms with E-state index < -0.39 is 0 Å². The lowest BCUT2D eigenvalue weighted by Crippen LogP contribution is -1.97. The Hall–Kier alpha value is -7.38. The van der Waals surface area contributed by atoms with E-state index in [1.54, 1.807) is 18.6 Å². The van der Waals surface area contributed by atoms with Gasteiger partial charge in [0.25, 0.3) is 0 Å². The zero-order valence-electron chi connectivity index (χ0n) is 28.4. The Labute approximate surface area is 305 Å². The van der Waals surface area contributed by atoms with Crippen LogP contribution in [0, 0.1) is 0 Å². The Morgan fingerprint density at radius 1 is 0.358 bits per heavy atom. The number of aromatic nitrogens is 7. The standard InChI is InChI=1S/C46H29N7/c1-2-10-37-36(9-1)38(42-17-13-34(28-51-42)32-8-6-21-48-26-32)24-40-39-23-30(41-16-12-33(27-50-41)31-7-5-20-47-25-31)14-19-45(39)53(46(37)40)35-15-18-44(52-29-35)43-11-3-4-22-49-43/h1-29H. The van der Waals surface area contributed by atoms with Crippen LogP contribution in [-0.4, -0.2) is 34.5 Å². The van der Waals surface area contributed by atoms with E-state index in [0.29, 0.717) is 0 Å². The summed E-state index contributed by atoms with van der Waals surface area (Å²) in [6, 6.07) is 43.9. The van der Waals surface area contributed by atoms with Crippen molar-refractivity contribution in [3.63, 3.8) is 0 Å². The van der Waals surface area contributed by atoms with Gasteiger partial charge in [0, 0.05) is 92.9 Å². The summed E-state index contributed by atoms with van der Waals surface area (Å²) in [5, 5.41) is 4.48. The number of pyridine rings is 6. The fourth-order valence-electron chi connectivity index (χ4n) is 7.22. The second-order valence-corrected chi connectivity index (χ2v) is 12.9. The van der Waals surface area contributed by atoms with E-state index in [2.05, 4.69) is 104 Å². The molecule has 248 valence electrons. The summed E-state index contributed by atoms with van der Waals surface area (Å²) in [7, 11) is 0. The molecule has 0 N–H and O–H groups in total. The number of benzene rings is 3. The van der Waals surface area contributed by atoms with Gasteiger partial charge in [-0.1, -0.05) is 60.7 Å². The molecule has 0 saturated carbocycles. The van der Waals surface area contributed by atoms with E-state index in [4.69, 9.17) is 15.0 Å². The third-order valence-electron chi connectivity index (χ3n) is 9.79. The molecule has 0 aliphatic rings. The molecule has 0 fully saturated rings. The maximum absolute atomic E-state index is 5.00. The van der Waals surface area contributed by atoms with E-state index in [-0.39, 0.29) is 0 Å². The quantitative estimate of drug-likeness (QED) is 0.174. The molecule has 7 heterocycles. The first-order valence-corrected chi connectivity index (χ1v) is 17.4. The van der Waals surface area contributed by atoms with Crippen LogP contribution in [0.25, 0.3) is 94.4 Å². The summed E-state index contributed by atoms with van der Waals surface area (Å²) in [6.07, 6.45) is 14.9. The topological polar surface area (TPSA) is 82.3 Å². The van der Waals surface area contributed by atoms with Crippen LogP contribution in [0.1, 0.15) is 0 Å². The number of fused-ring (bicyclic) bond motifs is 5. The summed E-state index contributed by atoms with van der Waals surface area (Å²) in [4.78, 5) is 27.9. The van der Waals surface area contributed by atoms with Crippen LogP contribution in [0.2, 0.25) is 0 Å². The molecular weight excluding hydrogens is 651 g/mol. The lowest BCUT2D eigenvalue weighted by Gasteiger charge is -2.13. The smallest absolute Gasteiger partial charge is 0.0887 e. The highest BCUT2D eigenvalue weighted by atomic mass is 15.0. The molecule has 0 atom stereocenters. The molecule has 0 bridgehead atoms. The van der Waals surface area contributed by atoms with Crippen molar-refractivity contribution in [1.82, 2.24) is 34.5 Å². The zero-order chi connectivity index (χ0) is 35.1. The maximum Gasteiger partial charge on any atom is 0.0887 e. The highest BCUT2D eigenvalue weighted by Crippen LogP contribution is 2.42. The SMILES string of the molecule is c1ccc(-c2ccc(-n3c4ccc(-c5ccc(-c6cccnc6)cn5)cc4c4cc(-c5ccc(-c6cccnc6)cn5)c5ccccc5c43)cn2)nc1. The van der Waals surface area contributed by atoms with Crippen LogP contribution in [0.5, 0.6) is 0 Å². The monoisotopic (exact) mass is 679 g/mol. The molecule has 0 spiro atoms. The second-order valence-electron chi connectivity index (χ2n) is 12.9. The van der Waals surface area contributed by atoms with Crippen LogP contribution in [0.4, 0.5) is 0 Å². The van der Waals surface area contributed by atoms with E-state index in [0.717, 1.165) is 94.4 Å². The molecule has 53 heavy (non-hydrogen) atoms. The third kappa shape index (κ3) is 5.39. The minimum Gasteiger partial charge on any atom is -0.307 e. The first-order chi connectivity index (χ1) is 26.3. The molecule has 0 aliphatic carbocycles. The van der Waals surface area contributed by atoms with Crippen molar-refractivity contribution in [1.29, 1.82) is 0 Å². The van der Waals surface area contributed by atoms with E-state index in [1.165, 1.54) is 0 Å². The van der Waals surface area contributed by atoms with Crippen LogP contribution in [-0.2, 0) is 0 Å². The van der Waals surface area contributed by atoms with Gasteiger partial charge in [0.1, 0.15) is 0 Å². The van der Waals surface area contributed by atoms with Crippen molar-refractivity contribution in [2.24, 2.45) is 0 Å². The van der Waals surface area contributed by atoms with Gasteiger partial charge in [0.2, 0.25) is 0 Å². The fraction of sp³-hybridized carbons (Fsp3) is 0. The van der Waals surface area contributed by atoms with Crippen molar-refractivity contribution in [3.05, 3.63) is 177 Å². The number of rotatable bonds is 6. The van der Waals surface area contributed by atoms with Crippen LogP contribution in [0.3, 0.4) is 0 Å². The summed E-state index contributed by atoms with van der Waals surface area (Å²) >= 11 is 0. The summed E-state index contributed by atoms with van der Waals surface area (Å²) in [5.74, 6) is 0. The summed E-state index contributed by atoms with van der Waals surface area (Å²) in [5.41, 5.74) is 12.8. The molecule has 3 aromatic carbocycles. The van der Waals surface area contributed by atoms with Gasteiger partial charge in [-0.15, -0.1) is 0 Å².